The maximum atomic E-state index is 13.6. The van der Waals surface area contributed by atoms with E-state index in [1.807, 2.05) is 42.5 Å². The maximum absolute atomic E-state index is 13.6. The number of rotatable bonds is 7. The predicted molar refractivity (Wildman–Crippen MR) is 128 cm³/mol. The highest BCUT2D eigenvalue weighted by atomic mass is 16.5. The molecule has 0 spiro atoms. The Labute approximate surface area is 196 Å². The van der Waals surface area contributed by atoms with Gasteiger partial charge in [-0.25, -0.2) is 0 Å². The number of ether oxygens (including phenoxy) is 1. The summed E-state index contributed by atoms with van der Waals surface area (Å²) in [6, 6.07) is 13.1. The van der Waals surface area contributed by atoms with Gasteiger partial charge in [-0.05, 0) is 54.0 Å². The van der Waals surface area contributed by atoms with E-state index in [1.165, 1.54) is 4.90 Å². The van der Waals surface area contributed by atoms with Crippen molar-refractivity contribution < 1.29 is 14.3 Å². The van der Waals surface area contributed by atoms with Crippen molar-refractivity contribution in [2.75, 3.05) is 19.7 Å². The number of amides is 2. The average Bonchev–Trinajstić information content (AvgIpc) is 3.03. The highest BCUT2D eigenvalue weighted by molar-refractivity contribution is 6.35. The summed E-state index contributed by atoms with van der Waals surface area (Å²) in [5.41, 5.74) is 2.44. The zero-order valence-corrected chi connectivity index (χ0v) is 20.0. The van der Waals surface area contributed by atoms with Crippen LogP contribution >= 0.6 is 0 Å². The smallest absolute Gasteiger partial charge is 0.278 e. The minimum Gasteiger partial charge on any atom is -0.493 e. The second-order valence-electron chi connectivity index (χ2n) is 9.82. The minimum atomic E-state index is -0.262. The summed E-state index contributed by atoms with van der Waals surface area (Å²) in [5.74, 6) is 1.61. The van der Waals surface area contributed by atoms with Crippen molar-refractivity contribution in [3.63, 3.8) is 0 Å². The Kier molecular flexibility index (Phi) is 6.82. The second kappa shape index (κ2) is 9.77. The molecule has 2 atom stereocenters. The molecule has 1 saturated heterocycles. The number of carbonyl (C=O) groups is 2. The molecule has 3 heterocycles. The molecular weight excluding hydrogens is 414 g/mol. The van der Waals surface area contributed by atoms with Gasteiger partial charge in [-0.1, -0.05) is 45.9 Å². The number of likely N-dealkylation sites (tertiary alicyclic amines) is 1. The molecule has 2 aliphatic rings. The van der Waals surface area contributed by atoms with E-state index in [9.17, 15) is 9.59 Å². The lowest BCUT2D eigenvalue weighted by Crippen LogP contribution is -2.41. The van der Waals surface area contributed by atoms with Crippen molar-refractivity contribution in [2.45, 2.75) is 40.7 Å². The second-order valence-corrected chi connectivity index (χ2v) is 9.82. The van der Waals surface area contributed by atoms with Crippen LogP contribution in [0.3, 0.4) is 0 Å². The van der Waals surface area contributed by atoms with Crippen LogP contribution in [0.5, 0.6) is 5.75 Å². The van der Waals surface area contributed by atoms with Gasteiger partial charge in [-0.15, -0.1) is 0 Å². The van der Waals surface area contributed by atoms with Gasteiger partial charge in [0, 0.05) is 19.3 Å². The van der Waals surface area contributed by atoms with Crippen molar-refractivity contribution in [3.05, 3.63) is 65.6 Å². The molecule has 174 valence electrons. The van der Waals surface area contributed by atoms with E-state index in [-0.39, 0.29) is 18.4 Å². The lowest BCUT2D eigenvalue weighted by molar-refractivity contribution is -0.138. The molecule has 2 amide bonds. The lowest BCUT2D eigenvalue weighted by Gasteiger charge is -2.37. The van der Waals surface area contributed by atoms with Gasteiger partial charge in [0.25, 0.3) is 11.8 Å². The van der Waals surface area contributed by atoms with E-state index >= 15 is 0 Å². The molecule has 0 N–H and O–H groups in total. The van der Waals surface area contributed by atoms with E-state index in [4.69, 9.17) is 4.74 Å². The van der Waals surface area contributed by atoms with Gasteiger partial charge in [0.1, 0.15) is 11.4 Å². The number of pyridine rings is 1. The van der Waals surface area contributed by atoms with Crippen LogP contribution in [-0.2, 0) is 16.1 Å². The van der Waals surface area contributed by atoms with Crippen molar-refractivity contribution in [2.24, 2.45) is 17.8 Å². The molecule has 1 fully saturated rings. The maximum Gasteiger partial charge on any atom is 0.278 e. The normalized spacial score (nSPS) is 21.4. The zero-order valence-electron chi connectivity index (χ0n) is 20.0. The molecule has 2 aromatic rings. The van der Waals surface area contributed by atoms with Gasteiger partial charge in [-0.3, -0.25) is 19.5 Å². The van der Waals surface area contributed by atoms with Gasteiger partial charge in [0.2, 0.25) is 0 Å². The Hall–Kier alpha value is -3.15. The van der Waals surface area contributed by atoms with Gasteiger partial charge < -0.3 is 9.64 Å². The molecule has 1 aromatic heterocycles. The van der Waals surface area contributed by atoms with Crippen LogP contribution in [-0.4, -0.2) is 46.3 Å². The first kappa shape index (κ1) is 23.0. The van der Waals surface area contributed by atoms with Crippen molar-refractivity contribution in [1.82, 2.24) is 14.8 Å². The van der Waals surface area contributed by atoms with Crippen LogP contribution in [0, 0.1) is 17.8 Å². The van der Waals surface area contributed by atoms with Gasteiger partial charge >= 0.3 is 0 Å². The number of piperidine rings is 1. The molecule has 6 heteroatoms. The quantitative estimate of drug-likeness (QED) is 0.590. The number of carbonyl (C=O) groups excluding carboxylic acids is 2. The average molecular weight is 448 g/mol. The molecule has 1 aromatic carbocycles. The summed E-state index contributed by atoms with van der Waals surface area (Å²) in [7, 11) is 0. The Balaban J connectivity index is 1.69. The van der Waals surface area contributed by atoms with Crippen LogP contribution in [0.1, 0.15) is 45.4 Å². The number of aromatic nitrogens is 1. The molecule has 0 saturated carbocycles. The first-order valence-electron chi connectivity index (χ1n) is 11.8. The number of benzene rings is 1. The third-order valence-corrected chi connectivity index (χ3v) is 6.10. The molecular formula is C27H33N3O3. The third kappa shape index (κ3) is 5.10. The number of hydrogen-bond acceptors (Lipinski definition) is 5. The molecule has 2 aliphatic heterocycles. The number of imide groups is 1. The monoisotopic (exact) mass is 447 g/mol. The van der Waals surface area contributed by atoms with Crippen molar-refractivity contribution in [1.29, 1.82) is 0 Å². The summed E-state index contributed by atoms with van der Waals surface area (Å²) in [4.78, 5) is 35.0. The third-order valence-electron chi connectivity index (χ3n) is 6.10. The van der Waals surface area contributed by atoms with Gasteiger partial charge in [-0.2, -0.15) is 0 Å². The number of nitrogens with zero attached hydrogens (tertiary/aromatic N) is 3. The summed E-state index contributed by atoms with van der Waals surface area (Å²) in [6.45, 7) is 11.0. The fourth-order valence-electron chi connectivity index (χ4n) is 4.74. The summed E-state index contributed by atoms with van der Waals surface area (Å²) < 4.78 is 5.81. The zero-order chi connectivity index (χ0) is 23.5. The van der Waals surface area contributed by atoms with E-state index in [1.54, 1.807) is 6.20 Å². The molecule has 0 aliphatic carbocycles. The van der Waals surface area contributed by atoms with Crippen LogP contribution < -0.4 is 4.74 Å². The number of hydrogen-bond donors (Lipinski definition) is 0. The summed E-state index contributed by atoms with van der Waals surface area (Å²) >= 11 is 0. The van der Waals surface area contributed by atoms with E-state index in [0.29, 0.717) is 41.3 Å². The summed E-state index contributed by atoms with van der Waals surface area (Å²) in [5, 5.41) is 0. The predicted octanol–water partition coefficient (Wildman–Crippen LogP) is 4.37. The lowest BCUT2D eigenvalue weighted by atomic mass is 9.91. The Morgan fingerprint density at radius 2 is 1.70 bits per heavy atom. The van der Waals surface area contributed by atoms with Crippen molar-refractivity contribution >= 4 is 17.4 Å². The van der Waals surface area contributed by atoms with Crippen molar-refractivity contribution in [3.8, 4) is 5.75 Å². The molecule has 4 rings (SSSR count). The van der Waals surface area contributed by atoms with Gasteiger partial charge in [0.05, 0.1) is 24.4 Å². The van der Waals surface area contributed by atoms with E-state index in [2.05, 4.69) is 37.6 Å². The van der Waals surface area contributed by atoms with Gasteiger partial charge in [0.15, 0.2) is 0 Å². The Morgan fingerprint density at radius 1 is 1.00 bits per heavy atom. The molecule has 0 bridgehead atoms. The van der Waals surface area contributed by atoms with Crippen LogP contribution in [0.4, 0.5) is 0 Å². The molecule has 6 nitrogen and oxygen atoms in total. The molecule has 2 unspecified atom stereocenters. The first-order chi connectivity index (χ1) is 15.8. The minimum absolute atomic E-state index is 0.167. The fraction of sp³-hybridized carbons (Fsp3) is 0.444. The SMILES string of the molecule is CC(C)COc1ccc(C2=C(N3CC(C)CC(C)C3)C(=O)N(Cc3ccccn3)C2=O)cc1. The van der Waals surface area contributed by atoms with Crippen LogP contribution in [0.2, 0.25) is 0 Å². The summed E-state index contributed by atoms with van der Waals surface area (Å²) in [6.07, 6.45) is 2.81. The molecule has 33 heavy (non-hydrogen) atoms. The van der Waals surface area contributed by atoms with Crippen LogP contribution in [0.25, 0.3) is 5.57 Å². The highest BCUT2D eigenvalue weighted by Crippen LogP contribution is 2.36. The van der Waals surface area contributed by atoms with Crippen LogP contribution in [0.15, 0.2) is 54.4 Å². The topological polar surface area (TPSA) is 62.7 Å². The fourth-order valence-corrected chi connectivity index (χ4v) is 4.74. The Bertz CT molecular complexity index is 1020. The first-order valence-corrected chi connectivity index (χ1v) is 11.8. The largest absolute Gasteiger partial charge is 0.493 e. The highest BCUT2D eigenvalue weighted by Gasteiger charge is 2.43. The molecule has 0 radical (unpaired) electrons. The Morgan fingerprint density at radius 3 is 2.30 bits per heavy atom. The van der Waals surface area contributed by atoms with E-state index < -0.39 is 0 Å². The van der Waals surface area contributed by atoms with E-state index in [0.717, 1.165) is 30.8 Å². The standard InChI is InChI=1S/C27H33N3O3/c1-18(2)17-33-23-10-8-21(9-11-23)24-25(29-14-19(3)13-20(4)15-29)27(32)30(26(24)31)16-22-7-5-6-12-28-22/h5-12,18-20H,13-17H2,1-4H3.